The normalized spacial score (nSPS) is 13.0. The van der Waals surface area contributed by atoms with Gasteiger partial charge in [0.15, 0.2) is 10.5 Å². The summed E-state index contributed by atoms with van der Waals surface area (Å²) >= 11 is 9.17. The molecule has 3 rings (SSSR count). The molecule has 0 saturated carbocycles. The Balaban J connectivity index is 1.95. The van der Waals surface area contributed by atoms with Gasteiger partial charge in [0, 0.05) is 34.4 Å². The summed E-state index contributed by atoms with van der Waals surface area (Å²) in [7, 11) is 0. The molecule has 1 atom stereocenters. The maximum atomic E-state index is 15.3. The van der Waals surface area contributed by atoms with Crippen LogP contribution in [0.4, 0.5) is 4.39 Å². The highest BCUT2D eigenvalue weighted by molar-refractivity contribution is 8.01. The number of thiazole rings is 1. The lowest BCUT2D eigenvalue weighted by Crippen LogP contribution is -2.11. The van der Waals surface area contributed by atoms with E-state index in [9.17, 15) is 0 Å². The molecular weight excluding hydrogens is 375 g/mol. The lowest BCUT2D eigenvalue weighted by atomic mass is 9.86. The van der Waals surface area contributed by atoms with Crippen LogP contribution >= 0.6 is 34.7 Å². The van der Waals surface area contributed by atoms with Crippen LogP contribution in [0.2, 0.25) is 5.02 Å². The summed E-state index contributed by atoms with van der Waals surface area (Å²) in [6.07, 6.45) is 3.54. The first-order chi connectivity index (χ1) is 11.9. The Labute approximate surface area is 160 Å². The Morgan fingerprint density at radius 3 is 2.48 bits per heavy atom. The van der Waals surface area contributed by atoms with Crippen molar-refractivity contribution in [2.75, 3.05) is 0 Å². The van der Waals surface area contributed by atoms with Gasteiger partial charge in [-0.3, -0.25) is 4.98 Å². The molecule has 0 spiro atoms. The van der Waals surface area contributed by atoms with Crippen LogP contribution in [0.1, 0.15) is 43.6 Å². The fraction of sp³-hybridized carbons (Fsp3) is 0.263. The van der Waals surface area contributed by atoms with Crippen LogP contribution in [0.3, 0.4) is 0 Å². The van der Waals surface area contributed by atoms with Gasteiger partial charge < -0.3 is 0 Å². The summed E-state index contributed by atoms with van der Waals surface area (Å²) < 4.78 is 16.1. The second-order valence-corrected chi connectivity index (χ2v) is 9.26. The Morgan fingerprint density at radius 2 is 1.88 bits per heavy atom. The molecule has 0 radical (unpaired) electrons. The summed E-state index contributed by atoms with van der Waals surface area (Å²) in [5, 5.41) is 2.21. The van der Waals surface area contributed by atoms with Crippen LogP contribution in [-0.4, -0.2) is 9.97 Å². The number of pyridine rings is 1. The van der Waals surface area contributed by atoms with E-state index < -0.39 is 6.17 Å². The van der Waals surface area contributed by atoms with E-state index in [2.05, 4.69) is 30.7 Å². The predicted octanol–water partition coefficient (Wildman–Crippen LogP) is 6.70. The number of nitrogens with zero attached hydrogens (tertiary/aromatic N) is 2. The van der Waals surface area contributed by atoms with E-state index in [0.29, 0.717) is 21.0 Å². The third kappa shape index (κ3) is 4.22. The topological polar surface area (TPSA) is 25.8 Å². The van der Waals surface area contributed by atoms with Crippen molar-refractivity contribution in [1.82, 2.24) is 9.97 Å². The first-order valence-electron chi connectivity index (χ1n) is 7.81. The first kappa shape index (κ1) is 18.4. The summed E-state index contributed by atoms with van der Waals surface area (Å²) in [5.41, 5.74) is 2.23. The standard InChI is InChI=1S/C19H18ClFN2S2/c1-19(2,3)13-6-4-12(5-7-13)17(21)16-14(20)10-22-11-15(16)25-18-23-8-9-24-18/h4-11,17H,1-3H3. The largest absolute Gasteiger partial charge is 0.262 e. The molecule has 0 aliphatic carbocycles. The van der Waals surface area contributed by atoms with Crippen LogP contribution in [0, 0.1) is 0 Å². The quantitative estimate of drug-likeness (QED) is 0.494. The molecule has 2 aromatic heterocycles. The van der Waals surface area contributed by atoms with E-state index in [0.717, 1.165) is 4.34 Å². The van der Waals surface area contributed by atoms with E-state index in [1.54, 1.807) is 12.4 Å². The molecule has 0 aliphatic heterocycles. The van der Waals surface area contributed by atoms with Gasteiger partial charge in [-0.15, -0.1) is 11.3 Å². The first-order valence-corrected chi connectivity index (χ1v) is 9.89. The van der Waals surface area contributed by atoms with Crippen molar-refractivity contribution < 1.29 is 4.39 Å². The lowest BCUT2D eigenvalue weighted by molar-refractivity contribution is 0.396. The minimum absolute atomic E-state index is 0.0322. The number of rotatable bonds is 4. The van der Waals surface area contributed by atoms with Crippen LogP contribution in [-0.2, 0) is 5.41 Å². The number of aromatic nitrogens is 2. The van der Waals surface area contributed by atoms with Crippen molar-refractivity contribution in [3.63, 3.8) is 0 Å². The highest BCUT2D eigenvalue weighted by Crippen LogP contribution is 2.41. The van der Waals surface area contributed by atoms with E-state index >= 15 is 4.39 Å². The zero-order valence-corrected chi connectivity index (χ0v) is 16.6. The molecule has 0 aliphatic rings. The SMILES string of the molecule is CC(C)(C)c1ccc(C(F)c2c(Cl)cncc2Sc2nccs2)cc1. The molecule has 3 aromatic rings. The Bertz CT molecular complexity index is 843. The number of benzene rings is 1. The Hall–Kier alpha value is -1.43. The smallest absolute Gasteiger partial charge is 0.154 e. The van der Waals surface area contributed by atoms with Crippen molar-refractivity contribution in [1.29, 1.82) is 0 Å². The second kappa shape index (κ2) is 7.44. The fourth-order valence-electron chi connectivity index (χ4n) is 2.43. The van der Waals surface area contributed by atoms with Gasteiger partial charge >= 0.3 is 0 Å². The fourth-order valence-corrected chi connectivity index (χ4v) is 4.46. The van der Waals surface area contributed by atoms with E-state index in [-0.39, 0.29) is 5.41 Å². The van der Waals surface area contributed by atoms with Crippen molar-refractivity contribution in [3.8, 4) is 0 Å². The molecule has 25 heavy (non-hydrogen) atoms. The molecule has 0 saturated heterocycles. The summed E-state index contributed by atoms with van der Waals surface area (Å²) in [6, 6.07) is 7.62. The van der Waals surface area contributed by atoms with Gasteiger partial charge in [0.2, 0.25) is 0 Å². The third-order valence-corrected chi connectivity index (χ3v) is 6.06. The van der Waals surface area contributed by atoms with Gasteiger partial charge in [-0.25, -0.2) is 9.37 Å². The van der Waals surface area contributed by atoms with Gasteiger partial charge in [-0.05, 0) is 16.5 Å². The minimum Gasteiger partial charge on any atom is -0.262 e. The van der Waals surface area contributed by atoms with Gasteiger partial charge in [-0.1, -0.05) is 68.4 Å². The van der Waals surface area contributed by atoms with Crippen molar-refractivity contribution in [2.45, 2.75) is 41.6 Å². The van der Waals surface area contributed by atoms with Crippen LogP contribution in [0.25, 0.3) is 0 Å². The van der Waals surface area contributed by atoms with Crippen LogP contribution in [0.15, 0.2) is 57.5 Å². The second-order valence-electron chi connectivity index (χ2n) is 6.67. The highest BCUT2D eigenvalue weighted by atomic mass is 35.5. The molecule has 130 valence electrons. The number of halogens is 2. The molecule has 0 bridgehead atoms. The summed E-state index contributed by atoms with van der Waals surface area (Å²) in [5.74, 6) is 0. The zero-order chi connectivity index (χ0) is 18.0. The summed E-state index contributed by atoms with van der Waals surface area (Å²) in [4.78, 5) is 9.04. The molecule has 1 aromatic carbocycles. The Morgan fingerprint density at radius 1 is 1.16 bits per heavy atom. The van der Waals surface area contributed by atoms with E-state index in [4.69, 9.17) is 11.6 Å². The maximum Gasteiger partial charge on any atom is 0.154 e. The van der Waals surface area contributed by atoms with Crippen LogP contribution < -0.4 is 0 Å². The van der Waals surface area contributed by atoms with Gasteiger partial charge in [-0.2, -0.15) is 0 Å². The molecule has 1 unspecified atom stereocenters. The average molecular weight is 393 g/mol. The van der Waals surface area contributed by atoms with Gasteiger partial charge in [0.05, 0.1) is 5.02 Å². The molecule has 6 heteroatoms. The maximum absolute atomic E-state index is 15.3. The summed E-state index contributed by atoms with van der Waals surface area (Å²) in [6.45, 7) is 6.41. The van der Waals surface area contributed by atoms with Crippen molar-refractivity contribution >= 4 is 34.7 Å². The monoisotopic (exact) mass is 392 g/mol. The molecule has 0 amide bonds. The van der Waals surface area contributed by atoms with Gasteiger partial charge in [0.1, 0.15) is 0 Å². The van der Waals surface area contributed by atoms with E-state index in [1.807, 2.05) is 29.6 Å². The number of hydrogen-bond acceptors (Lipinski definition) is 4. The molecule has 0 N–H and O–H groups in total. The molecule has 2 nitrogen and oxygen atoms in total. The molecule has 0 fully saturated rings. The van der Waals surface area contributed by atoms with Crippen molar-refractivity contribution in [3.05, 3.63) is 69.9 Å². The minimum atomic E-state index is -1.31. The van der Waals surface area contributed by atoms with Crippen molar-refractivity contribution in [2.24, 2.45) is 0 Å². The Kier molecular flexibility index (Phi) is 5.46. The average Bonchev–Trinajstić information content (AvgIpc) is 3.07. The zero-order valence-electron chi connectivity index (χ0n) is 14.2. The van der Waals surface area contributed by atoms with E-state index in [1.165, 1.54) is 34.9 Å². The molecule has 2 heterocycles. The predicted molar refractivity (Wildman–Crippen MR) is 104 cm³/mol. The number of hydrogen-bond donors (Lipinski definition) is 0. The lowest BCUT2D eigenvalue weighted by Gasteiger charge is -2.20. The number of alkyl halides is 1. The highest BCUT2D eigenvalue weighted by Gasteiger charge is 2.22. The van der Waals surface area contributed by atoms with Crippen LogP contribution in [0.5, 0.6) is 0 Å². The third-order valence-electron chi connectivity index (χ3n) is 3.83. The van der Waals surface area contributed by atoms with Gasteiger partial charge in [0.25, 0.3) is 0 Å². The molecular formula is C19H18ClFN2S2.